The summed E-state index contributed by atoms with van der Waals surface area (Å²) in [7, 11) is 1.42. The Balaban J connectivity index is 0.00000291. The summed E-state index contributed by atoms with van der Waals surface area (Å²) in [6.45, 7) is 9.49. The number of benzene rings is 2. The minimum Gasteiger partial charge on any atom is -0.478 e. The van der Waals surface area contributed by atoms with Crippen LogP contribution < -0.4 is 10.1 Å². The van der Waals surface area contributed by atoms with Crippen LogP contribution in [-0.2, 0) is 4.79 Å². The van der Waals surface area contributed by atoms with Gasteiger partial charge in [-0.25, -0.2) is 13.6 Å². The van der Waals surface area contributed by atoms with E-state index in [4.69, 9.17) is 33.0 Å². The fourth-order valence-electron chi connectivity index (χ4n) is 2.59. The third-order valence-electron chi connectivity index (χ3n) is 4.24. The molecule has 2 aromatic carbocycles. The van der Waals surface area contributed by atoms with Gasteiger partial charge in [-0.2, -0.15) is 5.10 Å². The highest BCUT2D eigenvalue weighted by atomic mass is 35.5. The Morgan fingerprint density at radius 1 is 1.06 bits per heavy atom. The Morgan fingerprint density at radius 3 is 2.14 bits per heavy atom. The average Bonchev–Trinajstić information content (AvgIpc) is 2.86. The lowest BCUT2D eigenvalue weighted by atomic mass is 10.1. The predicted octanol–water partition coefficient (Wildman–Crippen LogP) is 6.90. The number of amides is 1. The van der Waals surface area contributed by atoms with Gasteiger partial charge in [0.15, 0.2) is 6.73 Å². The third kappa shape index (κ3) is 11.7. The van der Waals surface area contributed by atoms with E-state index < -0.39 is 36.5 Å². The summed E-state index contributed by atoms with van der Waals surface area (Å²) in [5.74, 6) is -1.35. The van der Waals surface area contributed by atoms with Gasteiger partial charge < -0.3 is 15.2 Å². The first-order valence-electron chi connectivity index (χ1n) is 11.3. The van der Waals surface area contributed by atoms with Crippen LogP contribution in [0.15, 0.2) is 47.6 Å². The zero-order valence-corrected chi connectivity index (χ0v) is 22.7. The van der Waals surface area contributed by atoms with E-state index >= 15 is 0 Å². The lowest BCUT2D eigenvalue weighted by Gasteiger charge is -2.18. The molecular formula is C25H33Cl2F2N3O4. The molecule has 0 aliphatic heterocycles. The molecule has 0 aliphatic carbocycles. The van der Waals surface area contributed by atoms with Crippen molar-refractivity contribution >= 4 is 40.8 Å². The number of rotatable bonds is 10. The van der Waals surface area contributed by atoms with Crippen molar-refractivity contribution in [2.45, 2.75) is 53.5 Å². The number of alkyl halides is 2. The quantitative estimate of drug-likeness (QED) is 0.192. The van der Waals surface area contributed by atoms with Crippen molar-refractivity contribution < 1.29 is 28.2 Å². The molecule has 2 aromatic rings. The highest BCUT2D eigenvalue weighted by Gasteiger charge is 2.20. The maximum Gasteiger partial charge on any atom is 0.335 e. The summed E-state index contributed by atoms with van der Waals surface area (Å²) in [5.41, 5.74) is 0.104. The van der Waals surface area contributed by atoms with Crippen molar-refractivity contribution in [3.8, 4) is 5.75 Å². The van der Waals surface area contributed by atoms with Crippen LogP contribution in [0.25, 0.3) is 0 Å². The first-order valence-corrected chi connectivity index (χ1v) is 12.1. The van der Waals surface area contributed by atoms with Crippen LogP contribution in [-0.4, -0.2) is 47.9 Å². The minimum absolute atomic E-state index is 0.102. The normalized spacial score (nSPS) is 11.4. The predicted molar refractivity (Wildman–Crippen MR) is 140 cm³/mol. The van der Waals surface area contributed by atoms with E-state index in [1.807, 2.05) is 27.7 Å². The van der Waals surface area contributed by atoms with Crippen LogP contribution in [0.4, 0.5) is 8.78 Å². The molecule has 0 radical (unpaired) electrons. The number of nitrogens with zero attached hydrogens (tertiary/aromatic N) is 2. The Kier molecular flexibility index (Phi) is 16.1. The van der Waals surface area contributed by atoms with Gasteiger partial charge >= 0.3 is 5.97 Å². The molecule has 0 saturated carbocycles. The van der Waals surface area contributed by atoms with Crippen molar-refractivity contribution in [1.29, 1.82) is 0 Å². The SMILES string of the molecule is CC.CC.CC(NC(=O)C/C(=N\N(C)COc1ccc(Cl)c(Cl)c1)C(F)F)c1ccc(C(=O)O)cc1. The number of carboxylic acids is 1. The fraction of sp³-hybridized carbons (Fsp3) is 0.400. The maximum atomic E-state index is 13.4. The van der Waals surface area contributed by atoms with Crippen molar-refractivity contribution in [2.75, 3.05) is 13.8 Å². The van der Waals surface area contributed by atoms with Gasteiger partial charge in [-0.3, -0.25) is 9.80 Å². The number of hydrogen-bond donors (Lipinski definition) is 2. The van der Waals surface area contributed by atoms with Gasteiger partial charge in [-0.05, 0) is 36.8 Å². The number of carbonyl (C=O) groups is 2. The van der Waals surface area contributed by atoms with E-state index in [2.05, 4.69) is 10.4 Å². The van der Waals surface area contributed by atoms with Crippen LogP contribution in [0.5, 0.6) is 5.75 Å². The topological polar surface area (TPSA) is 91.2 Å². The molecule has 11 heteroatoms. The molecular weight excluding hydrogens is 515 g/mol. The van der Waals surface area contributed by atoms with Crippen LogP contribution >= 0.6 is 23.2 Å². The molecule has 200 valence electrons. The zero-order valence-electron chi connectivity index (χ0n) is 21.2. The Hall–Kier alpha value is -2.91. The van der Waals surface area contributed by atoms with E-state index in [1.165, 1.54) is 31.3 Å². The molecule has 0 spiro atoms. The second-order valence-corrected chi connectivity index (χ2v) is 7.61. The van der Waals surface area contributed by atoms with Gasteiger partial charge in [0.25, 0.3) is 6.43 Å². The van der Waals surface area contributed by atoms with Crippen molar-refractivity contribution in [3.63, 3.8) is 0 Å². The van der Waals surface area contributed by atoms with Gasteiger partial charge in [0, 0.05) is 13.1 Å². The van der Waals surface area contributed by atoms with E-state index in [0.29, 0.717) is 16.3 Å². The standard InChI is InChI=1S/C21H21Cl2F2N3O4.2C2H6/c1-12(13-3-5-14(6-4-13)21(30)31)26-19(29)10-18(20(24)25)27-28(2)11-32-15-7-8-16(22)17(23)9-15;2*1-2/h3-9,12,20H,10-11H2,1-2H3,(H,26,29)(H,30,31);2*1-2H3/b27-18+;;. The summed E-state index contributed by atoms with van der Waals surface area (Å²) >= 11 is 11.7. The van der Waals surface area contributed by atoms with E-state index in [-0.39, 0.29) is 17.3 Å². The van der Waals surface area contributed by atoms with E-state index in [0.717, 1.165) is 5.01 Å². The minimum atomic E-state index is -2.95. The smallest absolute Gasteiger partial charge is 0.335 e. The second kappa shape index (κ2) is 17.5. The number of aromatic carboxylic acids is 1. The fourth-order valence-corrected chi connectivity index (χ4v) is 2.88. The number of halogens is 4. The summed E-state index contributed by atoms with van der Waals surface area (Å²) in [5, 5.41) is 17.1. The Morgan fingerprint density at radius 2 is 1.64 bits per heavy atom. The van der Waals surface area contributed by atoms with Crippen LogP contribution in [0.3, 0.4) is 0 Å². The first-order chi connectivity index (χ1) is 17.1. The molecule has 2 rings (SSSR count). The Bertz CT molecular complexity index is 990. The van der Waals surface area contributed by atoms with Crippen molar-refractivity contribution in [2.24, 2.45) is 5.10 Å². The molecule has 0 saturated heterocycles. The average molecular weight is 548 g/mol. The molecule has 1 unspecified atom stereocenters. The summed E-state index contributed by atoms with van der Waals surface area (Å²) in [6, 6.07) is 9.96. The second-order valence-electron chi connectivity index (χ2n) is 6.79. The van der Waals surface area contributed by atoms with Crippen LogP contribution in [0.1, 0.15) is 63.0 Å². The maximum absolute atomic E-state index is 13.4. The number of hydrogen-bond acceptors (Lipinski definition) is 5. The molecule has 0 bridgehead atoms. The summed E-state index contributed by atoms with van der Waals surface area (Å²) < 4.78 is 32.2. The third-order valence-corrected chi connectivity index (χ3v) is 4.98. The number of carboxylic acid groups (broad SMARTS) is 1. The molecule has 0 heterocycles. The Labute approximate surface area is 221 Å². The highest BCUT2D eigenvalue weighted by Crippen LogP contribution is 2.26. The van der Waals surface area contributed by atoms with Gasteiger partial charge in [-0.1, -0.05) is 63.0 Å². The van der Waals surface area contributed by atoms with Crippen molar-refractivity contribution in [1.82, 2.24) is 10.3 Å². The largest absolute Gasteiger partial charge is 0.478 e. The number of hydrazone groups is 1. The lowest BCUT2D eigenvalue weighted by Crippen LogP contribution is -2.31. The molecule has 0 aliphatic rings. The van der Waals surface area contributed by atoms with Gasteiger partial charge in [0.05, 0.1) is 28.1 Å². The van der Waals surface area contributed by atoms with Crippen molar-refractivity contribution in [3.05, 3.63) is 63.6 Å². The molecule has 1 amide bonds. The van der Waals surface area contributed by atoms with Gasteiger partial charge in [0.1, 0.15) is 11.5 Å². The highest BCUT2D eigenvalue weighted by molar-refractivity contribution is 6.42. The monoisotopic (exact) mass is 547 g/mol. The molecule has 36 heavy (non-hydrogen) atoms. The molecule has 7 nitrogen and oxygen atoms in total. The lowest BCUT2D eigenvalue weighted by molar-refractivity contribution is -0.120. The number of carbonyl (C=O) groups excluding carboxylic acids is 1. The van der Waals surface area contributed by atoms with E-state index in [9.17, 15) is 18.4 Å². The first kappa shape index (κ1) is 33.1. The molecule has 0 aromatic heterocycles. The molecule has 0 fully saturated rings. The van der Waals surface area contributed by atoms with Gasteiger partial charge in [-0.15, -0.1) is 0 Å². The van der Waals surface area contributed by atoms with Gasteiger partial charge in [0.2, 0.25) is 5.91 Å². The zero-order chi connectivity index (χ0) is 27.8. The van der Waals surface area contributed by atoms with Crippen LogP contribution in [0, 0.1) is 0 Å². The summed E-state index contributed by atoms with van der Waals surface area (Å²) in [4.78, 5) is 23.2. The van der Waals surface area contributed by atoms with Crippen LogP contribution in [0.2, 0.25) is 10.0 Å². The molecule has 2 N–H and O–H groups in total. The number of nitrogens with one attached hydrogen (secondary N) is 1. The number of ether oxygens (including phenoxy) is 1. The van der Waals surface area contributed by atoms with E-state index in [1.54, 1.807) is 25.1 Å². The summed E-state index contributed by atoms with van der Waals surface area (Å²) in [6.07, 6.45) is -3.56. The molecule has 1 atom stereocenters.